The van der Waals surface area contributed by atoms with Crippen molar-refractivity contribution in [2.75, 3.05) is 6.54 Å². The second kappa shape index (κ2) is 11.7. The molecule has 1 fully saturated rings. The van der Waals surface area contributed by atoms with E-state index in [1.54, 1.807) is 11.4 Å². The molecule has 0 spiro atoms. The molecule has 4 N–H and O–H groups in total. The fourth-order valence-electron chi connectivity index (χ4n) is 4.64. The van der Waals surface area contributed by atoms with Gasteiger partial charge in [0.05, 0.1) is 12.1 Å². The molecule has 3 aromatic rings. The number of nitriles is 1. The fraction of sp³-hybridized carbons (Fsp3) is 0.269. The minimum atomic E-state index is -4.27. The molecule has 1 aliphatic heterocycles. The van der Waals surface area contributed by atoms with Crippen LogP contribution in [0, 0.1) is 11.3 Å². The van der Waals surface area contributed by atoms with Gasteiger partial charge in [0.2, 0.25) is 11.8 Å². The standard InChI is InChI=1S/C26H27N5O4S2/c27-15-18-14-21(36-17-18)16-29-25(32)22-12-7-13-31(22)26(33)24(30-37(28,34)35)23(19-8-3-1-4-9-19)20-10-5-2-6-11-20/h1-6,8-11,14,17,22-24,30H,7,12-13,16H2,(H,29,32)(H2,28,34,35)/t22-,24+/m0/s1. The van der Waals surface area contributed by atoms with Crippen molar-refractivity contribution < 1.29 is 18.0 Å². The summed E-state index contributed by atoms with van der Waals surface area (Å²) in [6, 6.07) is 20.0. The summed E-state index contributed by atoms with van der Waals surface area (Å²) in [5.74, 6) is -1.52. The molecule has 2 atom stereocenters. The lowest BCUT2D eigenvalue weighted by molar-refractivity contribution is -0.140. The van der Waals surface area contributed by atoms with Gasteiger partial charge >= 0.3 is 0 Å². The first-order valence-electron chi connectivity index (χ1n) is 11.7. The highest BCUT2D eigenvalue weighted by Gasteiger charge is 2.42. The number of hydrogen-bond donors (Lipinski definition) is 3. The quantitative estimate of drug-likeness (QED) is 0.383. The number of carbonyl (C=O) groups is 2. The molecule has 0 radical (unpaired) electrons. The zero-order valence-electron chi connectivity index (χ0n) is 19.9. The molecule has 4 rings (SSSR count). The van der Waals surface area contributed by atoms with Gasteiger partial charge in [0.1, 0.15) is 18.2 Å². The number of thiophene rings is 1. The van der Waals surface area contributed by atoms with Gasteiger partial charge in [0.25, 0.3) is 10.2 Å². The van der Waals surface area contributed by atoms with Crippen molar-refractivity contribution in [3.8, 4) is 6.07 Å². The van der Waals surface area contributed by atoms with Crippen LogP contribution < -0.4 is 15.2 Å². The van der Waals surface area contributed by atoms with Crippen molar-refractivity contribution >= 4 is 33.4 Å². The lowest BCUT2D eigenvalue weighted by Crippen LogP contribution is -2.56. The molecule has 9 nitrogen and oxygen atoms in total. The van der Waals surface area contributed by atoms with Crippen LogP contribution >= 0.6 is 11.3 Å². The van der Waals surface area contributed by atoms with Gasteiger partial charge in [-0.2, -0.15) is 18.4 Å². The van der Waals surface area contributed by atoms with E-state index < -0.39 is 34.1 Å². The average Bonchev–Trinajstić information content (AvgIpc) is 3.57. The summed E-state index contributed by atoms with van der Waals surface area (Å²) < 4.78 is 26.8. The molecule has 192 valence electrons. The zero-order valence-corrected chi connectivity index (χ0v) is 21.5. The van der Waals surface area contributed by atoms with Crippen molar-refractivity contribution in [2.45, 2.75) is 37.4 Å². The Labute approximate surface area is 220 Å². The van der Waals surface area contributed by atoms with Crippen LogP contribution in [0.15, 0.2) is 72.1 Å². The predicted octanol–water partition coefficient (Wildman–Crippen LogP) is 2.22. The topological polar surface area (TPSA) is 145 Å². The molecule has 2 aromatic carbocycles. The fourth-order valence-corrected chi connectivity index (χ4v) is 5.98. The minimum Gasteiger partial charge on any atom is -0.349 e. The molecular weight excluding hydrogens is 510 g/mol. The Kier molecular flexibility index (Phi) is 8.35. The first-order chi connectivity index (χ1) is 17.8. The number of carbonyl (C=O) groups excluding carboxylic acids is 2. The van der Waals surface area contributed by atoms with E-state index in [2.05, 4.69) is 16.1 Å². The molecular formula is C26H27N5O4S2. The van der Waals surface area contributed by atoms with E-state index in [9.17, 15) is 18.0 Å². The third-order valence-corrected chi connectivity index (χ3v) is 7.79. The maximum atomic E-state index is 14.0. The van der Waals surface area contributed by atoms with Gasteiger partial charge in [0, 0.05) is 22.7 Å². The second-order valence-corrected chi connectivity index (χ2v) is 11.1. The largest absolute Gasteiger partial charge is 0.349 e. The van der Waals surface area contributed by atoms with Crippen molar-refractivity contribution in [1.29, 1.82) is 5.26 Å². The van der Waals surface area contributed by atoms with Crippen LogP contribution in [0.25, 0.3) is 0 Å². The summed E-state index contributed by atoms with van der Waals surface area (Å²) >= 11 is 1.37. The molecule has 0 saturated carbocycles. The Morgan fingerprint density at radius 2 is 1.73 bits per heavy atom. The van der Waals surface area contributed by atoms with E-state index >= 15 is 0 Å². The maximum Gasteiger partial charge on any atom is 0.275 e. The van der Waals surface area contributed by atoms with Crippen LogP contribution in [0.4, 0.5) is 0 Å². The van der Waals surface area contributed by atoms with Gasteiger partial charge in [-0.05, 0) is 30.0 Å². The first-order valence-corrected chi connectivity index (χ1v) is 14.1. The van der Waals surface area contributed by atoms with Crippen molar-refractivity contribution in [1.82, 2.24) is 14.9 Å². The SMILES string of the molecule is N#Cc1csc(CNC(=O)[C@@H]2CCCN2C(=O)[C@H](NS(N)(=O)=O)C(c2ccccc2)c2ccccc2)c1. The first kappa shape index (κ1) is 26.5. The third kappa shape index (κ3) is 6.61. The average molecular weight is 538 g/mol. The van der Waals surface area contributed by atoms with Crippen LogP contribution in [0.2, 0.25) is 0 Å². The number of rotatable bonds is 9. The molecule has 1 saturated heterocycles. The molecule has 1 aliphatic rings. The van der Waals surface area contributed by atoms with Crippen LogP contribution in [-0.2, 0) is 26.3 Å². The number of amides is 2. The lowest BCUT2D eigenvalue weighted by atomic mass is 9.84. The van der Waals surface area contributed by atoms with Crippen LogP contribution in [0.1, 0.15) is 40.3 Å². The smallest absolute Gasteiger partial charge is 0.275 e. The number of likely N-dealkylation sites (tertiary alicyclic amines) is 1. The van der Waals surface area contributed by atoms with E-state index in [0.29, 0.717) is 24.9 Å². The molecule has 2 amide bonds. The van der Waals surface area contributed by atoms with Gasteiger partial charge in [-0.15, -0.1) is 11.3 Å². The molecule has 0 bridgehead atoms. The summed E-state index contributed by atoms with van der Waals surface area (Å²) in [7, 11) is -4.27. The second-order valence-electron chi connectivity index (χ2n) is 8.76. The molecule has 37 heavy (non-hydrogen) atoms. The molecule has 0 unspecified atom stereocenters. The van der Waals surface area contributed by atoms with E-state index in [1.807, 2.05) is 60.7 Å². The number of benzene rings is 2. The Morgan fingerprint density at radius 3 is 2.27 bits per heavy atom. The minimum absolute atomic E-state index is 0.235. The highest BCUT2D eigenvalue weighted by Crippen LogP contribution is 2.31. The van der Waals surface area contributed by atoms with Gasteiger partial charge in [-0.1, -0.05) is 60.7 Å². The number of hydrogen-bond acceptors (Lipinski definition) is 6. The van der Waals surface area contributed by atoms with Gasteiger partial charge < -0.3 is 10.2 Å². The van der Waals surface area contributed by atoms with E-state index in [1.165, 1.54) is 16.2 Å². The normalized spacial score (nSPS) is 16.4. The zero-order chi connectivity index (χ0) is 26.4. The highest BCUT2D eigenvalue weighted by molar-refractivity contribution is 7.87. The highest BCUT2D eigenvalue weighted by atomic mass is 32.2. The Morgan fingerprint density at radius 1 is 1.11 bits per heavy atom. The van der Waals surface area contributed by atoms with Gasteiger partial charge in [-0.25, -0.2) is 5.14 Å². The van der Waals surface area contributed by atoms with Crippen molar-refractivity contribution in [3.63, 3.8) is 0 Å². The number of nitrogens with two attached hydrogens (primary N) is 1. The molecule has 2 heterocycles. The molecule has 1 aromatic heterocycles. The van der Waals surface area contributed by atoms with Crippen LogP contribution in [0.3, 0.4) is 0 Å². The Hall–Kier alpha value is -3.56. The summed E-state index contributed by atoms with van der Waals surface area (Å²) in [6.07, 6.45) is 1.06. The third-order valence-electron chi connectivity index (χ3n) is 6.27. The predicted molar refractivity (Wildman–Crippen MR) is 140 cm³/mol. The van der Waals surface area contributed by atoms with Crippen molar-refractivity contribution in [2.24, 2.45) is 5.14 Å². The number of nitrogens with zero attached hydrogens (tertiary/aromatic N) is 2. The van der Waals surface area contributed by atoms with E-state index in [4.69, 9.17) is 10.4 Å². The van der Waals surface area contributed by atoms with Gasteiger partial charge in [0.15, 0.2) is 0 Å². The van der Waals surface area contributed by atoms with Gasteiger partial charge in [-0.3, -0.25) is 9.59 Å². The maximum absolute atomic E-state index is 14.0. The van der Waals surface area contributed by atoms with E-state index in [-0.39, 0.29) is 12.5 Å². The monoisotopic (exact) mass is 537 g/mol. The molecule has 0 aliphatic carbocycles. The Bertz CT molecular complexity index is 1350. The van der Waals surface area contributed by atoms with Crippen molar-refractivity contribution in [3.05, 3.63) is 93.7 Å². The summed E-state index contributed by atoms with van der Waals surface area (Å²) in [5.41, 5.74) is 1.99. The summed E-state index contributed by atoms with van der Waals surface area (Å²) in [5, 5.41) is 18.9. The Balaban J connectivity index is 1.62. The summed E-state index contributed by atoms with van der Waals surface area (Å²) in [6.45, 7) is 0.548. The van der Waals surface area contributed by atoms with Crippen LogP contribution in [0.5, 0.6) is 0 Å². The lowest BCUT2D eigenvalue weighted by Gasteiger charge is -2.33. The van der Waals surface area contributed by atoms with Crippen LogP contribution in [-0.4, -0.2) is 43.8 Å². The molecule has 11 heteroatoms. The van der Waals surface area contributed by atoms with E-state index in [0.717, 1.165) is 16.0 Å². The number of nitrogens with one attached hydrogen (secondary N) is 2. The summed E-state index contributed by atoms with van der Waals surface area (Å²) in [4.78, 5) is 29.3.